The van der Waals surface area contributed by atoms with Crippen LogP contribution >= 0.6 is 0 Å². The molecular formula is C18H23NO4. The number of esters is 1. The van der Waals surface area contributed by atoms with Crippen molar-refractivity contribution >= 4 is 17.6 Å². The minimum atomic E-state index is -0.221. The minimum Gasteiger partial charge on any atom is -0.482 e. The van der Waals surface area contributed by atoms with Crippen molar-refractivity contribution in [1.29, 1.82) is 0 Å². The first-order chi connectivity index (χ1) is 11.1. The summed E-state index contributed by atoms with van der Waals surface area (Å²) in [7, 11) is 0. The summed E-state index contributed by atoms with van der Waals surface area (Å²) in [5.41, 5.74) is 0.725. The molecule has 1 fully saturated rings. The van der Waals surface area contributed by atoms with Crippen LogP contribution in [0.2, 0.25) is 0 Å². The second kappa shape index (κ2) is 7.02. The molecule has 1 aromatic carbocycles. The van der Waals surface area contributed by atoms with Crippen molar-refractivity contribution in [3.8, 4) is 5.75 Å². The topological polar surface area (TPSA) is 55.8 Å². The Morgan fingerprint density at radius 1 is 1.35 bits per heavy atom. The molecule has 1 aromatic rings. The van der Waals surface area contributed by atoms with Gasteiger partial charge in [0.25, 0.3) is 5.91 Å². The molecule has 0 saturated heterocycles. The van der Waals surface area contributed by atoms with Crippen molar-refractivity contribution in [3.05, 3.63) is 24.3 Å². The highest BCUT2D eigenvalue weighted by Gasteiger charge is 2.27. The average molecular weight is 317 g/mol. The summed E-state index contributed by atoms with van der Waals surface area (Å²) < 4.78 is 11.0. The molecule has 2 atom stereocenters. The van der Waals surface area contributed by atoms with Gasteiger partial charge in [0.2, 0.25) is 0 Å². The van der Waals surface area contributed by atoms with E-state index in [-0.39, 0.29) is 31.0 Å². The average Bonchev–Trinajstić information content (AvgIpc) is 2.54. The third-order valence-electron chi connectivity index (χ3n) is 4.53. The molecule has 2 aliphatic rings. The highest BCUT2D eigenvalue weighted by atomic mass is 16.5. The highest BCUT2D eigenvalue weighted by molar-refractivity contribution is 5.98. The summed E-state index contributed by atoms with van der Waals surface area (Å²) in [5.74, 6) is 0.958. The lowest BCUT2D eigenvalue weighted by atomic mass is 9.89. The molecule has 0 aromatic heterocycles. The summed E-state index contributed by atoms with van der Waals surface area (Å²) in [5, 5.41) is 0. The van der Waals surface area contributed by atoms with Gasteiger partial charge >= 0.3 is 5.97 Å². The lowest BCUT2D eigenvalue weighted by Gasteiger charge is -2.30. The van der Waals surface area contributed by atoms with Crippen LogP contribution in [0.4, 0.5) is 5.69 Å². The highest BCUT2D eigenvalue weighted by Crippen LogP contribution is 2.31. The lowest BCUT2D eigenvalue weighted by Crippen LogP contribution is -2.40. The number of hydrogen-bond donors (Lipinski definition) is 0. The monoisotopic (exact) mass is 317 g/mol. The number of benzene rings is 1. The Kier molecular flexibility index (Phi) is 4.84. The van der Waals surface area contributed by atoms with E-state index in [1.165, 1.54) is 6.42 Å². The zero-order valence-electron chi connectivity index (χ0n) is 13.5. The predicted octanol–water partition coefficient (Wildman–Crippen LogP) is 2.92. The van der Waals surface area contributed by atoms with Crippen LogP contribution in [-0.2, 0) is 14.3 Å². The van der Waals surface area contributed by atoms with Crippen molar-refractivity contribution < 1.29 is 19.1 Å². The normalized spacial score (nSPS) is 23.9. The number of fused-ring (bicyclic) bond motifs is 1. The van der Waals surface area contributed by atoms with Gasteiger partial charge in [-0.05, 0) is 37.3 Å². The molecule has 5 nitrogen and oxygen atoms in total. The Morgan fingerprint density at radius 2 is 2.17 bits per heavy atom. The summed E-state index contributed by atoms with van der Waals surface area (Å²) in [4.78, 5) is 25.8. The third kappa shape index (κ3) is 3.84. The van der Waals surface area contributed by atoms with Crippen LogP contribution < -0.4 is 9.64 Å². The summed E-state index contributed by atoms with van der Waals surface area (Å²) in [6.07, 6.45) is 4.49. The largest absolute Gasteiger partial charge is 0.482 e. The minimum absolute atomic E-state index is 0.0200. The van der Waals surface area contributed by atoms with Gasteiger partial charge in [-0.2, -0.15) is 0 Å². The van der Waals surface area contributed by atoms with E-state index in [4.69, 9.17) is 9.47 Å². The number of para-hydroxylation sites is 2. The Bertz CT molecular complexity index is 586. The zero-order valence-corrected chi connectivity index (χ0v) is 13.5. The summed E-state index contributed by atoms with van der Waals surface area (Å²) in [6, 6.07) is 7.39. The van der Waals surface area contributed by atoms with Gasteiger partial charge in [0.15, 0.2) is 6.61 Å². The number of nitrogens with zero attached hydrogens (tertiary/aromatic N) is 1. The number of anilines is 1. The number of amides is 1. The number of hydrogen-bond acceptors (Lipinski definition) is 4. The fourth-order valence-corrected chi connectivity index (χ4v) is 3.33. The third-order valence-corrected chi connectivity index (χ3v) is 4.53. The molecule has 1 aliphatic carbocycles. The van der Waals surface area contributed by atoms with E-state index in [9.17, 15) is 9.59 Å². The first-order valence-electron chi connectivity index (χ1n) is 8.35. The first-order valence-corrected chi connectivity index (χ1v) is 8.35. The molecule has 5 heteroatoms. The number of rotatable bonds is 4. The molecular weight excluding hydrogens is 294 g/mol. The van der Waals surface area contributed by atoms with E-state index in [1.54, 1.807) is 4.90 Å². The maximum Gasteiger partial charge on any atom is 0.307 e. The standard InChI is InChI=1S/C18H23NO4/c1-13-5-4-6-14(11-13)23-18(21)9-10-19-15-7-2-3-8-16(15)22-12-17(19)20/h2-3,7-8,13-14H,4-6,9-12H2,1H3. The second-order valence-corrected chi connectivity index (χ2v) is 6.44. The predicted molar refractivity (Wildman–Crippen MR) is 86.4 cm³/mol. The van der Waals surface area contributed by atoms with Crippen LogP contribution in [0.5, 0.6) is 5.75 Å². The zero-order chi connectivity index (χ0) is 16.2. The Balaban J connectivity index is 1.55. The van der Waals surface area contributed by atoms with E-state index >= 15 is 0 Å². The van der Waals surface area contributed by atoms with Crippen molar-refractivity contribution in [2.24, 2.45) is 5.92 Å². The van der Waals surface area contributed by atoms with Gasteiger partial charge in [-0.25, -0.2) is 0 Å². The SMILES string of the molecule is CC1CCCC(OC(=O)CCN2C(=O)COc3ccccc32)C1. The van der Waals surface area contributed by atoms with E-state index in [1.807, 2.05) is 24.3 Å². The lowest BCUT2D eigenvalue weighted by molar-refractivity contribution is -0.150. The summed E-state index contributed by atoms with van der Waals surface area (Å²) >= 11 is 0. The number of carbonyl (C=O) groups excluding carboxylic acids is 2. The van der Waals surface area contributed by atoms with Gasteiger partial charge < -0.3 is 14.4 Å². The Labute approximate surface area is 136 Å². The molecule has 1 aliphatic heterocycles. The van der Waals surface area contributed by atoms with E-state index in [0.717, 1.165) is 24.9 Å². The van der Waals surface area contributed by atoms with Crippen LogP contribution in [0.1, 0.15) is 39.0 Å². The molecule has 0 N–H and O–H groups in total. The Hall–Kier alpha value is -2.04. The van der Waals surface area contributed by atoms with Gasteiger partial charge in [0, 0.05) is 6.54 Å². The molecule has 1 saturated carbocycles. The molecule has 3 rings (SSSR count). The van der Waals surface area contributed by atoms with Gasteiger partial charge in [-0.3, -0.25) is 9.59 Å². The molecule has 124 valence electrons. The second-order valence-electron chi connectivity index (χ2n) is 6.44. The van der Waals surface area contributed by atoms with E-state index in [0.29, 0.717) is 18.2 Å². The quantitative estimate of drug-likeness (QED) is 0.801. The van der Waals surface area contributed by atoms with Crippen molar-refractivity contribution in [2.45, 2.75) is 45.1 Å². The smallest absolute Gasteiger partial charge is 0.307 e. The molecule has 23 heavy (non-hydrogen) atoms. The maximum absolute atomic E-state index is 12.1. The molecule has 2 unspecified atom stereocenters. The van der Waals surface area contributed by atoms with Gasteiger partial charge in [-0.15, -0.1) is 0 Å². The Morgan fingerprint density at radius 3 is 3.00 bits per heavy atom. The summed E-state index contributed by atoms with van der Waals surface area (Å²) in [6.45, 7) is 2.55. The number of ether oxygens (including phenoxy) is 2. The molecule has 0 radical (unpaired) electrons. The molecule has 1 amide bonds. The molecule has 0 spiro atoms. The van der Waals surface area contributed by atoms with Gasteiger partial charge in [-0.1, -0.05) is 25.5 Å². The fraction of sp³-hybridized carbons (Fsp3) is 0.556. The van der Waals surface area contributed by atoms with Crippen LogP contribution in [-0.4, -0.2) is 31.1 Å². The van der Waals surface area contributed by atoms with Crippen LogP contribution in [0.15, 0.2) is 24.3 Å². The van der Waals surface area contributed by atoms with Gasteiger partial charge in [0.05, 0.1) is 12.1 Å². The van der Waals surface area contributed by atoms with Gasteiger partial charge in [0.1, 0.15) is 11.9 Å². The first kappa shape index (κ1) is 15.8. The molecule has 0 bridgehead atoms. The molecule has 1 heterocycles. The van der Waals surface area contributed by atoms with E-state index < -0.39 is 0 Å². The van der Waals surface area contributed by atoms with Crippen LogP contribution in [0, 0.1) is 5.92 Å². The van der Waals surface area contributed by atoms with Crippen LogP contribution in [0.25, 0.3) is 0 Å². The van der Waals surface area contributed by atoms with Crippen molar-refractivity contribution in [2.75, 3.05) is 18.1 Å². The fourth-order valence-electron chi connectivity index (χ4n) is 3.33. The van der Waals surface area contributed by atoms with Crippen LogP contribution in [0.3, 0.4) is 0 Å². The number of carbonyl (C=O) groups is 2. The van der Waals surface area contributed by atoms with E-state index in [2.05, 4.69) is 6.92 Å². The van der Waals surface area contributed by atoms with Crippen molar-refractivity contribution in [1.82, 2.24) is 0 Å². The van der Waals surface area contributed by atoms with Crippen molar-refractivity contribution in [3.63, 3.8) is 0 Å². The maximum atomic E-state index is 12.1.